The van der Waals surface area contributed by atoms with Crippen molar-refractivity contribution in [3.05, 3.63) is 52.0 Å². The minimum absolute atomic E-state index is 0.149. The first kappa shape index (κ1) is 15.7. The van der Waals surface area contributed by atoms with Crippen LogP contribution in [0.5, 0.6) is 5.75 Å². The standard InChI is InChI=1S/C15H14BrClN2O2/c16-11-3-1-2-4-14(11)21-8-7-15(20)19-10-5-6-12(17)13(18)9-10/h1-6,9H,7-8,18H2,(H,19,20). The molecular formula is C15H14BrClN2O2. The number of hydrogen-bond acceptors (Lipinski definition) is 3. The SMILES string of the molecule is Nc1cc(NC(=O)CCOc2ccccc2Br)ccc1Cl. The summed E-state index contributed by atoms with van der Waals surface area (Å²) in [6, 6.07) is 12.4. The number of nitrogens with two attached hydrogens (primary N) is 1. The molecule has 0 aromatic heterocycles. The fourth-order valence-corrected chi connectivity index (χ4v) is 2.18. The van der Waals surface area contributed by atoms with Gasteiger partial charge in [-0.2, -0.15) is 0 Å². The molecule has 3 N–H and O–H groups in total. The molecule has 0 heterocycles. The zero-order valence-electron chi connectivity index (χ0n) is 11.1. The predicted molar refractivity (Wildman–Crippen MR) is 88.7 cm³/mol. The average molecular weight is 370 g/mol. The molecule has 0 aliphatic heterocycles. The number of halogens is 2. The van der Waals surface area contributed by atoms with Crippen LogP contribution in [-0.2, 0) is 4.79 Å². The number of hydrogen-bond donors (Lipinski definition) is 2. The second kappa shape index (κ2) is 7.33. The lowest BCUT2D eigenvalue weighted by atomic mass is 10.2. The van der Waals surface area contributed by atoms with Gasteiger partial charge in [0.15, 0.2) is 0 Å². The van der Waals surface area contributed by atoms with E-state index in [0.717, 1.165) is 4.47 Å². The van der Waals surface area contributed by atoms with Crippen molar-refractivity contribution in [1.82, 2.24) is 0 Å². The Kier molecular flexibility index (Phi) is 5.47. The zero-order valence-corrected chi connectivity index (χ0v) is 13.4. The van der Waals surface area contributed by atoms with Gasteiger partial charge in [0, 0.05) is 5.69 Å². The van der Waals surface area contributed by atoms with Gasteiger partial charge in [-0.25, -0.2) is 0 Å². The smallest absolute Gasteiger partial charge is 0.227 e. The highest BCUT2D eigenvalue weighted by Crippen LogP contribution is 2.24. The number of amides is 1. The van der Waals surface area contributed by atoms with E-state index < -0.39 is 0 Å². The Hall–Kier alpha value is -1.72. The van der Waals surface area contributed by atoms with Gasteiger partial charge >= 0.3 is 0 Å². The topological polar surface area (TPSA) is 64.3 Å². The molecule has 0 aliphatic carbocycles. The lowest BCUT2D eigenvalue weighted by molar-refractivity contribution is -0.116. The largest absolute Gasteiger partial charge is 0.492 e. The quantitative estimate of drug-likeness (QED) is 0.780. The number of carbonyl (C=O) groups excluding carboxylic acids is 1. The maximum atomic E-state index is 11.8. The van der Waals surface area contributed by atoms with E-state index in [2.05, 4.69) is 21.2 Å². The summed E-state index contributed by atoms with van der Waals surface area (Å²) in [6.07, 6.45) is 0.240. The van der Waals surface area contributed by atoms with Crippen LogP contribution in [0.2, 0.25) is 5.02 Å². The van der Waals surface area contributed by atoms with Crippen molar-refractivity contribution in [2.24, 2.45) is 0 Å². The molecule has 0 fully saturated rings. The zero-order chi connectivity index (χ0) is 15.2. The molecule has 0 saturated carbocycles. The van der Waals surface area contributed by atoms with Gasteiger partial charge in [0.05, 0.1) is 28.2 Å². The number of nitrogens with one attached hydrogen (secondary N) is 1. The molecule has 2 aromatic rings. The molecule has 0 aliphatic rings. The summed E-state index contributed by atoms with van der Waals surface area (Å²) in [5.41, 5.74) is 6.72. The molecule has 21 heavy (non-hydrogen) atoms. The Bertz CT molecular complexity index is 649. The van der Waals surface area contributed by atoms with Gasteiger partial charge in [-0.1, -0.05) is 23.7 Å². The number of para-hydroxylation sites is 1. The molecule has 110 valence electrons. The maximum Gasteiger partial charge on any atom is 0.227 e. The number of anilines is 2. The molecule has 0 atom stereocenters. The van der Waals surface area contributed by atoms with Crippen molar-refractivity contribution < 1.29 is 9.53 Å². The van der Waals surface area contributed by atoms with Crippen LogP contribution < -0.4 is 15.8 Å². The van der Waals surface area contributed by atoms with E-state index in [4.69, 9.17) is 22.1 Å². The number of benzene rings is 2. The number of ether oxygens (including phenoxy) is 1. The van der Waals surface area contributed by atoms with Gasteiger partial charge < -0.3 is 15.8 Å². The van der Waals surface area contributed by atoms with Gasteiger partial charge in [0.25, 0.3) is 0 Å². The minimum atomic E-state index is -0.149. The molecule has 0 radical (unpaired) electrons. The second-order valence-corrected chi connectivity index (χ2v) is 5.57. The highest BCUT2D eigenvalue weighted by molar-refractivity contribution is 9.10. The Morgan fingerprint density at radius 1 is 1.29 bits per heavy atom. The van der Waals surface area contributed by atoms with Gasteiger partial charge in [0.2, 0.25) is 5.91 Å². The second-order valence-electron chi connectivity index (χ2n) is 4.31. The average Bonchev–Trinajstić information content (AvgIpc) is 2.45. The van der Waals surface area contributed by atoms with Crippen molar-refractivity contribution in [2.45, 2.75) is 6.42 Å². The predicted octanol–water partition coefficient (Wildman–Crippen LogP) is 4.09. The maximum absolute atomic E-state index is 11.8. The molecule has 4 nitrogen and oxygen atoms in total. The monoisotopic (exact) mass is 368 g/mol. The van der Waals surface area contributed by atoms with Crippen LogP contribution in [0.1, 0.15) is 6.42 Å². The third-order valence-electron chi connectivity index (χ3n) is 2.70. The van der Waals surface area contributed by atoms with Crippen molar-refractivity contribution in [3.8, 4) is 5.75 Å². The number of nitrogen functional groups attached to an aromatic ring is 1. The number of rotatable bonds is 5. The summed E-state index contributed by atoms with van der Waals surface area (Å²) in [6.45, 7) is 0.289. The first-order chi connectivity index (χ1) is 10.1. The Morgan fingerprint density at radius 2 is 2.05 bits per heavy atom. The molecule has 0 unspecified atom stereocenters. The highest BCUT2D eigenvalue weighted by atomic mass is 79.9. The first-order valence-corrected chi connectivity index (χ1v) is 7.45. The van der Waals surface area contributed by atoms with E-state index in [-0.39, 0.29) is 18.9 Å². The minimum Gasteiger partial charge on any atom is -0.492 e. The van der Waals surface area contributed by atoms with Crippen molar-refractivity contribution in [2.75, 3.05) is 17.7 Å². The van der Waals surface area contributed by atoms with Gasteiger partial charge in [-0.05, 0) is 46.3 Å². The molecule has 1 amide bonds. The lowest BCUT2D eigenvalue weighted by Crippen LogP contribution is -2.15. The molecule has 2 rings (SSSR count). The van der Waals surface area contributed by atoms with Crippen LogP contribution in [0, 0.1) is 0 Å². The van der Waals surface area contributed by atoms with Crippen molar-refractivity contribution >= 4 is 44.8 Å². The van der Waals surface area contributed by atoms with E-state index in [1.54, 1.807) is 18.2 Å². The van der Waals surface area contributed by atoms with Crippen molar-refractivity contribution in [1.29, 1.82) is 0 Å². The summed E-state index contributed by atoms with van der Waals surface area (Å²) in [4.78, 5) is 11.8. The highest BCUT2D eigenvalue weighted by Gasteiger charge is 2.06. The third kappa shape index (κ3) is 4.65. The fraction of sp³-hybridized carbons (Fsp3) is 0.133. The number of carbonyl (C=O) groups is 1. The van der Waals surface area contributed by atoms with Crippen molar-refractivity contribution in [3.63, 3.8) is 0 Å². The fourth-order valence-electron chi connectivity index (χ4n) is 1.66. The van der Waals surface area contributed by atoms with E-state index in [0.29, 0.717) is 22.1 Å². The third-order valence-corrected chi connectivity index (χ3v) is 3.70. The van der Waals surface area contributed by atoms with Gasteiger partial charge in [-0.3, -0.25) is 4.79 Å². The summed E-state index contributed by atoms with van der Waals surface area (Å²) >= 11 is 9.20. The molecule has 0 spiro atoms. The van der Waals surface area contributed by atoms with Crippen LogP contribution in [0.25, 0.3) is 0 Å². The molecule has 6 heteroatoms. The van der Waals surface area contributed by atoms with Crippen LogP contribution in [0.4, 0.5) is 11.4 Å². The molecule has 0 saturated heterocycles. The Balaban J connectivity index is 1.82. The van der Waals surface area contributed by atoms with E-state index in [1.807, 2.05) is 24.3 Å². The Labute approximate surface area is 136 Å². The molecule has 2 aromatic carbocycles. The van der Waals surface area contributed by atoms with Crippen LogP contribution in [0.15, 0.2) is 46.9 Å². The first-order valence-electron chi connectivity index (χ1n) is 6.28. The Morgan fingerprint density at radius 3 is 2.76 bits per heavy atom. The van der Waals surface area contributed by atoms with Crippen LogP contribution >= 0.6 is 27.5 Å². The summed E-state index contributed by atoms with van der Waals surface area (Å²) in [7, 11) is 0. The summed E-state index contributed by atoms with van der Waals surface area (Å²) in [5, 5.41) is 3.20. The van der Waals surface area contributed by atoms with Gasteiger partial charge in [0.1, 0.15) is 5.75 Å². The summed E-state index contributed by atoms with van der Waals surface area (Å²) in [5.74, 6) is 0.560. The molecule has 0 bridgehead atoms. The van der Waals surface area contributed by atoms with Crippen LogP contribution in [-0.4, -0.2) is 12.5 Å². The lowest BCUT2D eigenvalue weighted by Gasteiger charge is -2.09. The van der Waals surface area contributed by atoms with E-state index >= 15 is 0 Å². The van der Waals surface area contributed by atoms with Gasteiger partial charge in [-0.15, -0.1) is 0 Å². The normalized spacial score (nSPS) is 10.2. The van der Waals surface area contributed by atoms with E-state index in [9.17, 15) is 4.79 Å². The molecular weight excluding hydrogens is 356 g/mol. The summed E-state index contributed by atoms with van der Waals surface area (Å²) < 4.78 is 6.39. The van der Waals surface area contributed by atoms with Crippen LogP contribution in [0.3, 0.4) is 0 Å². The van der Waals surface area contributed by atoms with E-state index in [1.165, 1.54) is 0 Å².